The Morgan fingerprint density at radius 2 is 2.00 bits per heavy atom. The number of allylic oxidation sites excluding steroid dienone is 1. The van der Waals surface area contributed by atoms with Crippen LogP contribution in [0, 0.1) is 14.9 Å². The third kappa shape index (κ3) is 4.49. The third-order valence-corrected chi connectivity index (χ3v) is 4.43. The Hall–Kier alpha value is -1.52. The van der Waals surface area contributed by atoms with E-state index in [9.17, 15) is 5.26 Å². The molecule has 118 valence electrons. The molecule has 23 heavy (non-hydrogen) atoms. The molecule has 0 saturated carbocycles. The van der Waals surface area contributed by atoms with E-state index in [1.165, 1.54) is 0 Å². The second kappa shape index (κ2) is 8.37. The molecule has 5 heteroatoms. The SMILES string of the molecule is CCOc1cc(/C=C(/C#N)c2ccc(I)cc2)cc(Br)c1OC. The zero-order valence-electron chi connectivity index (χ0n) is 12.8. The Morgan fingerprint density at radius 3 is 2.57 bits per heavy atom. The summed E-state index contributed by atoms with van der Waals surface area (Å²) in [6.45, 7) is 2.46. The van der Waals surface area contributed by atoms with Crippen LogP contribution in [0.5, 0.6) is 11.5 Å². The van der Waals surface area contributed by atoms with Crippen LogP contribution >= 0.6 is 38.5 Å². The zero-order chi connectivity index (χ0) is 16.8. The van der Waals surface area contributed by atoms with Crippen molar-refractivity contribution in [3.05, 3.63) is 55.6 Å². The van der Waals surface area contributed by atoms with Crippen LogP contribution in [0.4, 0.5) is 0 Å². The molecule has 0 unspecified atom stereocenters. The van der Waals surface area contributed by atoms with E-state index in [1.807, 2.05) is 49.4 Å². The molecule has 0 aliphatic heterocycles. The highest BCUT2D eigenvalue weighted by Gasteiger charge is 2.11. The molecule has 0 amide bonds. The van der Waals surface area contributed by atoms with Gasteiger partial charge in [0.2, 0.25) is 0 Å². The van der Waals surface area contributed by atoms with E-state index in [4.69, 9.17) is 9.47 Å². The van der Waals surface area contributed by atoms with Crippen molar-refractivity contribution in [3.8, 4) is 17.6 Å². The predicted octanol–water partition coefficient (Wildman–Crippen LogP) is 5.53. The molecular formula is C18H15BrINO2. The molecule has 3 nitrogen and oxygen atoms in total. The van der Waals surface area contributed by atoms with Gasteiger partial charge in [0.05, 0.1) is 29.8 Å². The van der Waals surface area contributed by atoms with Gasteiger partial charge in [0, 0.05) is 3.57 Å². The maximum absolute atomic E-state index is 9.46. The summed E-state index contributed by atoms with van der Waals surface area (Å²) in [5.41, 5.74) is 2.36. The maximum Gasteiger partial charge on any atom is 0.174 e. The number of hydrogen-bond acceptors (Lipinski definition) is 3. The van der Waals surface area contributed by atoms with Crippen molar-refractivity contribution in [1.82, 2.24) is 0 Å². The van der Waals surface area contributed by atoms with Crippen LogP contribution in [0.3, 0.4) is 0 Å². The average molecular weight is 484 g/mol. The summed E-state index contributed by atoms with van der Waals surface area (Å²) in [4.78, 5) is 0. The van der Waals surface area contributed by atoms with Gasteiger partial charge < -0.3 is 9.47 Å². The summed E-state index contributed by atoms with van der Waals surface area (Å²) >= 11 is 5.73. The topological polar surface area (TPSA) is 42.2 Å². The standard InChI is InChI=1S/C18H15BrINO2/c1-3-23-17-10-12(9-16(19)18(17)22-2)8-14(11-21)13-4-6-15(20)7-5-13/h4-10H,3H2,1-2H3/b14-8-. The van der Waals surface area contributed by atoms with Crippen LogP contribution in [-0.2, 0) is 0 Å². The summed E-state index contributed by atoms with van der Waals surface area (Å²) < 4.78 is 12.9. The second-order valence-electron chi connectivity index (χ2n) is 4.64. The maximum atomic E-state index is 9.46. The fourth-order valence-electron chi connectivity index (χ4n) is 2.11. The van der Waals surface area contributed by atoms with Crippen LogP contribution < -0.4 is 9.47 Å². The average Bonchev–Trinajstić information content (AvgIpc) is 2.54. The van der Waals surface area contributed by atoms with Crippen molar-refractivity contribution in [1.29, 1.82) is 5.26 Å². The fourth-order valence-corrected chi connectivity index (χ4v) is 3.09. The normalized spacial score (nSPS) is 11.0. The quantitative estimate of drug-likeness (QED) is 0.319. The van der Waals surface area contributed by atoms with Gasteiger partial charge in [0.1, 0.15) is 0 Å². The van der Waals surface area contributed by atoms with E-state index in [1.54, 1.807) is 7.11 Å². The number of ether oxygens (including phenoxy) is 2. The molecule has 0 spiro atoms. The Bertz CT molecular complexity index is 764. The molecule has 0 radical (unpaired) electrons. The number of hydrogen-bond donors (Lipinski definition) is 0. The minimum absolute atomic E-state index is 0.540. The Kier molecular flexibility index (Phi) is 6.48. The van der Waals surface area contributed by atoms with Gasteiger partial charge in [-0.25, -0.2) is 0 Å². The first kappa shape index (κ1) is 17.8. The number of rotatable bonds is 5. The molecule has 2 aromatic rings. The van der Waals surface area contributed by atoms with Crippen molar-refractivity contribution in [2.45, 2.75) is 6.92 Å². The van der Waals surface area contributed by atoms with Gasteiger partial charge in [-0.2, -0.15) is 5.26 Å². The molecule has 0 aliphatic carbocycles. The van der Waals surface area contributed by atoms with E-state index in [0.717, 1.165) is 19.2 Å². The van der Waals surface area contributed by atoms with E-state index >= 15 is 0 Å². The summed E-state index contributed by atoms with van der Waals surface area (Å²) in [7, 11) is 1.60. The zero-order valence-corrected chi connectivity index (χ0v) is 16.5. The van der Waals surface area contributed by atoms with E-state index in [0.29, 0.717) is 23.7 Å². The Labute approximate surface area is 158 Å². The van der Waals surface area contributed by atoms with Gasteiger partial charge in [-0.1, -0.05) is 12.1 Å². The Morgan fingerprint density at radius 1 is 1.30 bits per heavy atom. The van der Waals surface area contributed by atoms with Crippen LogP contribution in [-0.4, -0.2) is 13.7 Å². The lowest BCUT2D eigenvalue weighted by atomic mass is 10.0. The monoisotopic (exact) mass is 483 g/mol. The van der Waals surface area contributed by atoms with E-state index < -0.39 is 0 Å². The largest absolute Gasteiger partial charge is 0.492 e. The summed E-state index contributed by atoms with van der Waals surface area (Å²) in [5.74, 6) is 1.30. The van der Waals surface area contributed by atoms with Crippen molar-refractivity contribution in [2.75, 3.05) is 13.7 Å². The molecule has 0 saturated heterocycles. The fraction of sp³-hybridized carbons (Fsp3) is 0.167. The van der Waals surface area contributed by atoms with Crippen molar-refractivity contribution < 1.29 is 9.47 Å². The molecule has 0 atom stereocenters. The summed E-state index contributed by atoms with van der Waals surface area (Å²) in [5, 5.41) is 9.46. The van der Waals surface area contributed by atoms with Gasteiger partial charge in [-0.05, 0) is 86.9 Å². The number of halogens is 2. The van der Waals surface area contributed by atoms with Crippen LogP contribution in [0.15, 0.2) is 40.9 Å². The predicted molar refractivity (Wildman–Crippen MR) is 105 cm³/mol. The van der Waals surface area contributed by atoms with Crippen molar-refractivity contribution in [2.24, 2.45) is 0 Å². The lowest BCUT2D eigenvalue weighted by Gasteiger charge is -2.12. The first-order valence-corrected chi connectivity index (χ1v) is 8.84. The second-order valence-corrected chi connectivity index (χ2v) is 6.74. The Balaban J connectivity index is 2.48. The first-order chi connectivity index (χ1) is 11.1. The summed E-state index contributed by atoms with van der Waals surface area (Å²) in [6, 6.07) is 13.9. The first-order valence-electron chi connectivity index (χ1n) is 6.97. The molecule has 0 N–H and O–H groups in total. The van der Waals surface area contributed by atoms with Crippen LogP contribution in [0.2, 0.25) is 0 Å². The van der Waals surface area contributed by atoms with Crippen molar-refractivity contribution >= 4 is 50.2 Å². The molecule has 0 aromatic heterocycles. The van der Waals surface area contributed by atoms with Gasteiger partial charge >= 0.3 is 0 Å². The smallest absolute Gasteiger partial charge is 0.174 e. The number of methoxy groups -OCH3 is 1. The van der Waals surface area contributed by atoms with E-state index in [2.05, 4.69) is 44.6 Å². The number of nitriles is 1. The lowest BCUT2D eigenvalue weighted by Crippen LogP contribution is -1.96. The highest BCUT2D eigenvalue weighted by molar-refractivity contribution is 14.1. The van der Waals surface area contributed by atoms with Gasteiger partial charge in [0.15, 0.2) is 11.5 Å². The molecule has 0 aliphatic rings. The molecular weight excluding hydrogens is 469 g/mol. The third-order valence-electron chi connectivity index (χ3n) is 3.12. The van der Waals surface area contributed by atoms with Crippen LogP contribution in [0.1, 0.15) is 18.1 Å². The van der Waals surface area contributed by atoms with Gasteiger partial charge in [-0.15, -0.1) is 0 Å². The molecule has 0 bridgehead atoms. The highest BCUT2D eigenvalue weighted by Crippen LogP contribution is 2.37. The van der Waals surface area contributed by atoms with Crippen LogP contribution in [0.25, 0.3) is 11.6 Å². The van der Waals surface area contributed by atoms with Crippen molar-refractivity contribution in [3.63, 3.8) is 0 Å². The molecule has 2 rings (SSSR count). The highest BCUT2D eigenvalue weighted by atomic mass is 127. The molecule has 2 aromatic carbocycles. The minimum Gasteiger partial charge on any atom is -0.492 e. The van der Waals surface area contributed by atoms with Gasteiger partial charge in [-0.3, -0.25) is 0 Å². The number of nitrogens with zero attached hydrogens (tertiary/aromatic N) is 1. The van der Waals surface area contributed by atoms with Gasteiger partial charge in [0.25, 0.3) is 0 Å². The van der Waals surface area contributed by atoms with E-state index in [-0.39, 0.29) is 0 Å². The summed E-state index contributed by atoms with van der Waals surface area (Å²) in [6.07, 6.45) is 1.84. The molecule has 0 heterocycles. The molecule has 0 fully saturated rings. The number of benzene rings is 2. The lowest BCUT2D eigenvalue weighted by molar-refractivity contribution is 0.310. The minimum atomic E-state index is 0.540.